The molecule has 7 N–H and O–H groups in total. The van der Waals surface area contributed by atoms with Gasteiger partial charge in [0.2, 0.25) is 17.7 Å². The zero-order chi connectivity index (χ0) is 22.8. The van der Waals surface area contributed by atoms with E-state index in [2.05, 4.69) is 28.6 Å². The first-order valence-electron chi connectivity index (χ1n) is 9.30. The van der Waals surface area contributed by atoms with Crippen LogP contribution < -0.4 is 21.7 Å². The monoisotopic (exact) mass is 440 g/mol. The van der Waals surface area contributed by atoms with E-state index < -0.39 is 41.8 Å². The zero-order valence-electron chi connectivity index (χ0n) is 16.8. The van der Waals surface area contributed by atoms with E-state index in [1.165, 1.54) is 12.1 Å². The van der Waals surface area contributed by atoms with Crippen LogP contribution in [0.5, 0.6) is 5.75 Å². The fourth-order valence-electron chi connectivity index (χ4n) is 2.57. The largest absolute Gasteiger partial charge is 0.508 e. The van der Waals surface area contributed by atoms with Crippen molar-refractivity contribution in [1.82, 2.24) is 16.0 Å². The number of phenols is 1. The maximum absolute atomic E-state index is 12.7. The van der Waals surface area contributed by atoms with Gasteiger partial charge in [-0.3, -0.25) is 14.4 Å². The molecule has 0 spiro atoms. The highest BCUT2D eigenvalue weighted by molar-refractivity contribution is 7.80. The summed E-state index contributed by atoms with van der Waals surface area (Å²) in [4.78, 5) is 48.2. The van der Waals surface area contributed by atoms with Gasteiger partial charge in [-0.2, -0.15) is 12.6 Å². The summed E-state index contributed by atoms with van der Waals surface area (Å²) in [6, 6.07) is 2.67. The molecular weight excluding hydrogens is 412 g/mol. The number of carbonyl (C=O) groups is 4. The number of amides is 3. The molecule has 0 heterocycles. The van der Waals surface area contributed by atoms with Gasteiger partial charge >= 0.3 is 5.97 Å². The van der Waals surface area contributed by atoms with Crippen LogP contribution in [0.15, 0.2) is 24.3 Å². The van der Waals surface area contributed by atoms with Gasteiger partial charge in [-0.1, -0.05) is 26.0 Å². The van der Waals surface area contributed by atoms with Crippen LogP contribution in [0.2, 0.25) is 0 Å². The van der Waals surface area contributed by atoms with Gasteiger partial charge < -0.3 is 31.9 Å². The van der Waals surface area contributed by atoms with E-state index in [1.807, 2.05) is 0 Å². The molecule has 11 heteroatoms. The predicted octanol–water partition coefficient (Wildman–Crippen LogP) is -0.982. The second kappa shape index (κ2) is 12.0. The minimum absolute atomic E-state index is 0.00800. The summed E-state index contributed by atoms with van der Waals surface area (Å²) in [6.07, 6.45) is -0.00800. The number of carbonyl (C=O) groups excluding carboxylic acids is 3. The molecule has 1 aromatic rings. The van der Waals surface area contributed by atoms with Crippen LogP contribution in [0.25, 0.3) is 0 Å². The van der Waals surface area contributed by atoms with Crippen LogP contribution in [-0.4, -0.2) is 64.3 Å². The van der Waals surface area contributed by atoms with Crippen molar-refractivity contribution in [2.75, 3.05) is 12.3 Å². The van der Waals surface area contributed by atoms with E-state index in [-0.39, 0.29) is 30.4 Å². The number of aliphatic carboxylic acids is 1. The van der Waals surface area contributed by atoms with E-state index in [0.29, 0.717) is 5.56 Å². The molecule has 30 heavy (non-hydrogen) atoms. The molecular formula is C19H28N4O6S. The minimum atomic E-state index is -1.24. The number of carboxylic acids is 1. The lowest BCUT2D eigenvalue weighted by atomic mass is 10.0. The molecule has 0 aliphatic rings. The van der Waals surface area contributed by atoms with E-state index in [4.69, 9.17) is 5.73 Å². The van der Waals surface area contributed by atoms with Crippen LogP contribution in [0.1, 0.15) is 19.4 Å². The third-order valence-electron chi connectivity index (χ3n) is 4.26. The second-order valence-corrected chi connectivity index (χ2v) is 7.37. The van der Waals surface area contributed by atoms with E-state index >= 15 is 0 Å². The number of rotatable bonds is 11. The summed E-state index contributed by atoms with van der Waals surface area (Å²) in [7, 11) is 0. The van der Waals surface area contributed by atoms with Gasteiger partial charge in [0.25, 0.3) is 0 Å². The van der Waals surface area contributed by atoms with Crippen LogP contribution in [0, 0.1) is 5.92 Å². The Balaban J connectivity index is 2.87. The number of nitrogens with two attached hydrogens (primary N) is 1. The van der Waals surface area contributed by atoms with Gasteiger partial charge in [0, 0.05) is 12.2 Å². The summed E-state index contributed by atoms with van der Waals surface area (Å²) < 4.78 is 0. The highest BCUT2D eigenvalue weighted by Gasteiger charge is 2.31. The Kier molecular flexibility index (Phi) is 10.1. The lowest BCUT2D eigenvalue weighted by Crippen LogP contribution is -2.58. The quantitative estimate of drug-likeness (QED) is 0.217. The molecule has 0 saturated heterocycles. The van der Waals surface area contributed by atoms with Gasteiger partial charge in [-0.05, 0) is 23.6 Å². The standard InChI is InChI=1S/C19H28N4O6S/c1-10(2)16(23-17(26)14(9-30)21-15(25)8-20)18(27)22-13(19(28)29)7-11-3-5-12(24)6-4-11/h3-6,10,13-14,16,24,30H,7-9,20H2,1-2H3,(H,21,25)(H,22,27)(H,23,26)(H,28,29). The second-order valence-electron chi connectivity index (χ2n) is 7.01. The van der Waals surface area contributed by atoms with Gasteiger partial charge in [-0.15, -0.1) is 0 Å². The van der Waals surface area contributed by atoms with Crippen molar-refractivity contribution in [1.29, 1.82) is 0 Å². The summed E-state index contributed by atoms with van der Waals surface area (Å²) >= 11 is 4.03. The van der Waals surface area contributed by atoms with Crippen molar-refractivity contribution >= 4 is 36.3 Å². The highest BCUT2D eigenvalue weighted by Crippen LogP contribution is 2.12. The molecule has 10 nitrogen and oxygen atoms in total. The Morgan fingerprint density at radius 3 is 2.07 bits per heavy atom. The molecule has 1 aromatic carbocycles. The van der Waals surface area contributed by atoms with E-state index in [1.54, 1.807) is 26.0 Å². The van der Waals surface area contributed by atoms with Crippen molar-refractivity contribution in [2.45, 2.75) is 38.4 Å². The maximum atomic E-state index is 12.7. The third kappa shape index (κ3) is 7.91. The number of carboxylic acid groups (broad SMARTS) is 1. The fraction of sp³-hybridized carbons (Fsp3) is 0.474. The van der Waals surface area contributed by atoms with Crippen molar-refractivity contribution in [2.24, 2.45) is 11.7 Å². The Bertz CT molecular complexity index is 756. The summed E-state index contributed by atoms with van der Waals surface area (Å²) in [6.45, 7) is 3.08. The van der Waals surface area contributed by atoms with Crippen LogP contribution in [0.3, 0.4) is 0 Å². The lowest BCUT2D eigenvalue weighted by molar-refractivity contribution is -0.142. The first kappa shape index (κ1) is 25.2. The van der Waals surface area contributed by atoms with E-state index in [9.17, 15) is 29.4 Å². The molecule has 0 fully saturated rings. The molecule has 0 aliphatic carbocycles. The van der Waals surface area contributed by atoms with Crippen molar-refractivity contribution in [3.8, 4) is 5.75 Å². The number of benzene rings is 1. The molecule has 3 amide bonds. The maximum Gasteiger partial charge on any atom is 0.326 e. The van der Waals surface area contributed by atoms with Gasteiger partial charge in [0.05, 0.1) is 6.54 Å². The number of hydrogen-bond donors (Lipinski definition) is 7. The fourth-order valence-corrected chi connectivity index (χ4v) is 2.82. The van der Waals surface area contributed by atoms with Crippen LogP contribution in [0.4, 0.5) is 0 Å². The summed E-state index contributed by atoms with van der Waals surface area (Å²) in [5.74, 6) is -3.43. The van der Waals surface area contributed by atoms with Crippen molar-refractivity contribution < 1.29 is 29.4 Å². The topological polar surface area (TPSA) is 171 Å². The number of hydrogen-bond acceptors (Lipinski definition) is 7. The molecule has 0 aliphatic heterocycles. The number of thiol groups is 1. The first-order chi connectivity index (χ1) is 14.1. The number of nitrogens with one attached hydrogen (secondary N) is 3. The smallest absolute Gasteiger partial charge is 0.326 e. The normalized spacial score (nSPS) is 13.8. The number of aromatic hydroxyl groups is 1. The molecule has 1 rings (SSSR count). The minimum Gasteiger partial charge on any atom is -0.508 e. The summed E-state index contributed by atoms with van der Waals surface area (Å²) in [5, 5.41) is 26.2. The number of phenolic OH excluding ortho intramolecular Hbond substituents is 1. The van der Waals surface area contributed by atoms with Crippen molar-refractivity contribution in [3.63, 3.8) is 0 Å². The molecule has 3 atom stereocenters. The average Bonchev–Trinajstić information content (AvgIpc) is 2.70. The molecule has 3 unspecified atom stereocenters. The van der Waals surface area contributed by atoms with E-state index in [0.717, 1.165) is 0 Å². The molecule has 0 aromatic heterocycles. The lowest BCUT2D eigenvalue weighted by Gasteiger charge is -2.26. The Morgan fingerprint density at radius 2 is 1.60 bits per heavy atom. The summed E-state index contributed by atoms with van der Waals surface area (Å²) in [5.41, 5.74) is 5.83. The molecule has 0 bridgehead atoms. The molecule has 166 valence electrons. The van der Waals surface area contributed by atoms with Crippen molar-refractivity contribution in [3.05, 3.63) is 29.8 Å². The SMILES string of the molecule is CC(C)C(NC(=O)C(CS)NC(=O)CN)C(=O)NC(Cc1ccc(O)cc1)C(=O)O. The Labute approximate surface area is 180 Å². The van der Waals surface area contributed by atoms with Crippen LogP contribution >= 0.6 is 12.6 Å². The molecule has 0 saturated carbocycles. The van der Waals surface area contributed by atoms with Gasteiger partial charge in [0.15, 0.2) is 0 Å². The Morgan fingerprint density at radius 1 is 1.00 bits per heavy atom. The predicted molar refractivity (Wildman–Crippen MR) is 113 cm³/mol. The Hall–Kier alpha value is -2.79. The van der Waals surface area contributed by atoms with Crippen LogP contribution in [-0.2, 0) is 25.6 Å². The first-order valence-corrected chi connectivity index (χ1v) is 9.94. The third-order valence-corrected chi connectivity index (χ3v) is 4.62. The highest BCUT2D eigenvalue weighted by atomic mass is 32.1. The van der Waals surface area contributed by atoms with Gasteiger partial charge in [0.1, 0.15) is 23.9 Å². The average molecular weight is 441 g/mol. The zero-order valence-corrected chi connectivity index (χ0v) is 17.7. The van der Waals surface area contributed by atoms with Gasteiger partial charge in [-0.25, -0.2) is 4.79 Å². The molecule has 0 radical (unpaired) electrons.